The minimum absolute atomic E-state index is 0.101. The van der Waals surface area contributed by atoms with E-state index in [0.29, 0.717) is 19.5 Å². The summed E-state index contributed by atoms with van der Waals surface area (Å²) in [5.41, 5.74) is 0.305. The Hall–Kier alpha value is -2.28. The molecular weight excluding hydrogens is 358 g/mol. The third kappa shape index (κ3) is 4.58. The summed E-state index contributed by atoms with van der Waals surface area (Å²) < 4.78 is 5.26. The number of carboxylic acids is 1. The number of hydrogen-bond acceptors (Lipinski definition) is 4. The molecule has 2 aliphatic heterocycles. The maximum Gasteiger partial charge on any atom is 0.317 e. The van der Waals surface area contributed by atoms with Gasteiger partial charge in [-0.1, -0.05) is 18.6 Å². The van der Waals surface area contributed by atoms with Gasteiger partial charge in [0.25, 0.3) is 0 Å². The molecule has 2 unspecified atom stereocenters. The Bertz CT molecular complexity index is 687. The van der Waals surface area contributed by atoms with E-state index in [1.165, 1.54) is 19.3 Å². The molecule has 2 fully saturated rings. The molecule has 2 aliphatic rings. The van der Waals surface area contributed by atoms with Gasteiger partial charge in [-0.3, -0.25) is 9.69 Å². The molecule has 0 bridgehead atoms. The van der Waals surface area contributed by atoms with Crippen LogP contribution in [0.25, 0.3) is 0 Å². The van der Waals surface area contributed by atoms with Gasteiger partial charge in [0.1, 0.15) is 5.75 Å². The Kier molecular flexibility index (Phi) is 6.44. The number of ether oxygens (including phenoxy) is 1. The highest BCUT2D eigenvalue weighted by molar-refractivity contribution is 5.79. The zero-order valence-electron chi connectivity index (χ0n) is 16.8. The van der Waals surface area contributed by atoms with Crippen LogP contribution in [-0.4, -0.2) is 66.7 Å². The van der Waals surface area contributed by atoms with Gasteiger partial charge in [0.15, 0.2) is 0 Å². The van der Waals surface area contributed by atoms with Gasteiger partial charge in [-0.2, -0.15) is 0 Å². The number of carbonyl (C=O) groups excluding carboxylic acids is 1. The molecule has 3 rings (SSSR count). The average molecular weight is 389 g/mol. The fourth-order valence-corrected chi connectivity index (χ4v) is 4.12. The van der Waals surface area contributed by atoms with E-state index < -0.39 is 11.4 Å². The van der Waals surface area contributed by atoms with Crippen LogP contribution in [0.2, 0.25) is 0 Å². The highest BCUT2D eigenvalue weighted by Gasteiger charge is 2.42. The molecule has 154 valence electrons. The molecule has 0 radical (unpaired) electrons. The fourth-order valence-electron chi connectivity index (χ4n) is 4.12. The number of urea groups is 1. The Labute approximate surface area is 166 Å². The first-order valence-corrected chi connectivity index (χ1v) is 10.1. The smallest absolute Gasteiger partial charge is 0.317 e. The van der Waals surface area contributed by atoms with E-state index in [-0.39, 0.29) is 18.6 Å². The van der Waals surface area contributed by atoms with Crippen molar-refractivity contribution in [3.05, 3.63) is 29.8 Å². The van der Waals surface area contributed by atoms with Gasteiger partial charge in [0.2, 0.25) is 0 Å². The largest absolute Gasteiger partial charge is 0.497 e. The Morgan fingerprint density at radius 3 is 2.43 bits per heavy atom. The van der Waals surface area contributed by atoms with Crippen LogP contribution in [0.4, 0.5) is 4.79 Å². The summed E-state index contributed by atoms with van der Waals surface area (Å²) in [5.74, 6) is -0.0255. The zero-order valence-corrected chi connectivity index (χ0v) is 16.8. The number of hydrogen-bond donors (Lipinski definition) is 2. The van der Waals surface area contributed by atoms with E-state index in [1.807, 2.05) is 12.1 Å². The molecule has 0 aromatic heterocycles. The number of carbonyl (C=O) groups is 2. The van der Waals surface area contributed by atoms with Gasteiger partial charge >= 0.3 is 12.0 Å². The second kappa shape index (κ2) is 8.82. The number of amides is 2. The lowest BCUT2D eigenvalue weighted by Gasteiger charge is -2.35. The minimum Gasteiger partial charge on any atom is -0.497 e. The first-order chi connectivity index (χ1) is 13.4. The molecule has 1 aromatic carbocycles. The van der Waals surface area contributed by atoms with Crippen molar-refractivity contribution in [2.45, 2.75) is 38.6 Å². The van der Waals surface area contributed by atoms with Gasteiger partial charge < -0.3 is 20.1 Å². The number of nitrogens with zero attached hydrogens (tertiary/aromatic N) is 2. The molecule has 2 amide bonds. The highest BCUT2D eigenvalue weighted by Crippen LogP contribution is 2.30. The summed E-state index contributed by atoms with van der Waals surface area (Å²) in [5, 5.41) is 12.4. The second-order valence-electron chi connectivity index (χ2n) is 8.11. The first kappa shape index (κ1) is 20.5. The molecule has 7 heteroatoms. The number of likely N-dealkylation sites (tertiary alicyclic amines) is 2. The van der Waals surface area contributed by atoms with Crippen molar-refractivity contribution in [1.29, 1.82) is 0 Å². The van der Waals surface area contributed by atoms with E-state index in [2.05, 4.69) is 22.3 Å². The molecule has 0 spiro atoms. The summed E-state index contributed by atoms with van der Waals surface area (Å²) in [7, 11) is 1.65. The van der Waals surface area contributed by atoms with Gasteiger partial charge in [-0.15, -0.1) is 0 Å². The van der Waals surface area contributed by atoms with E-state index >= 15 is 0 Å². The van der Waals surface area contributed by atoms with Crippen molar-refractivity contribution < 1.29 is 19.4 Å². The number of nitrogens with one attached hydrogen (secondary N) is 1. The van der Waals surface area contributed by atoms with Crippen molar-refractivity contribution in [3.8, 4) is 5.75 Å². The molecule has 2 atom stereocenters. The number of rotatable bonds is 6. The summed E-state index contributed by atoms with van der Waals surface area (Å²) in [4.78, 5) is 28.1. The lowest BCUT2D eigenvalue weighted by molar-refractivity contribution is -0.147. The van der Waals surface area contributed by atoms with Crippen molar-refractivity contribution in [2.75, 3.05) is 39.8 Å². The first-order valence-electron chi connectivity index (χ1n) is 10.1. The molecule has 0 saturated carbocycles. The third-order valence-electron chi connectivity index (χ3n) is 6.06. The summed E-state index contributed by atoms with van der Waals surface area (Å²) >= 11 is 0. The highest BCUT2D eigenvalue weighted by atomic mass is 16.5. The average Bonchev–Trinajstić information content (AvgIpc) is 3.13. The van der Waals surface area contributed by atoms with Crippen LogP contribution in [0, 0.1) is 5.41 Å². The summed E-state index contributed by atoms with van der Waals surface area (Å²) in [6.45, 7) is 4.99. The van der Waals surface area contributed by atoms with Crippen LogP contribution >= 0.6 is 0 Å². The van der Waals surface area contributed by atoms with Gasteiger partial charge in [-0.25, -0.2) is 4.79 Å². The van der Waals surface area contributed by atoms with E-state index in [0.717, 1.165) is 24.4 Å². The molecule has 2 N–H and O–H groups in total. The zero-order chi connectivity index (χ0) is 20.1. The predicted octanol–water partition coefficient (Wildman–Crippen LogP) is 2.73. The van der Waals surface area contributed by atoms with Crippen molar-refractivity contribution in [2.24, 2.45) is 5.41 Å². The number of methoxy groups -OCH3 is 1. The SMILES string of the molecule is COc1ccc(C(CNC(=O)N2CCC(C)(C(=O)O)C2)N2CCCCC2)cc1. The molecule has 7 nitrogen and oxygen atoms in total. The van der Waals surface area contributed by atoms with Crippen molar-refractivity contribution in [3.63, 3.8) is 0 Å². The van der Waals surface area contributed by atoms with Gasteiger partial charge in [0.05, 0.1) is 18.6 Å². The Balaban J connectivity index is 1.65. The van der Waals surface area contributed by atoms with Crippen molar-refractivity contribution in [1.82, 2.24) is 15.1 Å². The number of benzene rings is 1. The number of carboxylic acid groups (broad SMARTS) is 1. The molecule has 1 aromatic rings. The molecule has 0 aliphatic carbocycles. The third-order valence-corrected chi connectivity index (χ3v) is 6.06. The van der Waals surface area contributed by atoms with Crippen LogP contribution in [0.3, 0.4) is 0 Å². The van der Waals surface area contributed by atoms with E-state index in [4.69, 9.17) is 4.74 Å². The maximum atomic E-state index is 12.7. The number of aliphatic carboxylic acids is 1. The van der Waals surface area contributed by atoms with Crippen molar-refractivity contribution >= 4 is 12.0 Å². The molecular formula is C21H31N3O4. The Morgan fingerprint density at radius 1 is 1.18 bits per heavy atom. The Morgan fingerprint density at radius 2 is 1.86 bits per heavy atom. The molecule has 28 heavy (non-hydrogen) atoms. The van der Waals surface area contributed by atoms with Crippen LogP contribution in [-0.2, 0) is 4.79 Å². The topological polar surface area (TPSA) is 82.1 Å². The van der Waals surface area contributed by atoms with Crippen LogP contribution in [0.15, 0.2) is 24.3 Å². The van der Waals surface area contributed by atoms with E-state index in [9.17, 15) is 14.7 Å². The lowest BCUT2D eigenvalue weighted by Crippen LogP contribution is -2.45. The van der Waals surface area contributed by atoms with Gasteiger partial charge in [-0.05, 0) is 57.0 Å². The standard InChI is InChI=1S/C21H31N3O4/c1-21(19(25)26)10-13-24(15-21)20(27)22-14-18(23-11-4-3-5-12-23)16-6-8-17(28-2)9-7-16/h6-9,18H,3-5,10-15H2,1-2H3,(H,22,27)(H,25,26). The van der Waals surface area contributed by atoms with Crippen LogP contribution in [0.5, 0.6) is 5.75 Å². The maximum absolute atomic E-state index is 12.7. The second-order valence-corrected chi connectivity index (χ2v) is 8.11. The van der Waals surface area contributed by atoms with E-state index in [1.54, 1.807) is 18.9 Å². The van der Waals surface area contributed by atoms with Crippen LogP contribution in [0.1, 0.15) is 44.2 Å². The van der Waals surface area contributed by atoms with Crippen LogP contribution < -0.4 is 10.1 Å². The quantitative estimate of drug-likeness (QED) is 0.782. The lowest BCUT2D eigenvalue weighted by atomic mass is 9.90. The predicted molar refractivity (Wildman–Crippen MR) is 106 cm³/mol. The summed E-state index contributed by atoms with van der Waals surface area (Å²) in [6, 6.07) is 7.94. The molecule has 2 heterocycles. The minimum atomic E-state index is -0.848. The molecule has 2 saturated heterocycles. The monoisotopic (exact) mass is 389 g/mol. The fraction of sp³-hybridized carbons (Fsp3) is 0.619. The number of piperidine rings is 1. The normalized spacial score (nSPS) is 24.0. The van der Waals surface area contributed by atoms with Gasteiger partial charge in [0, 0.05) is 19.6 Å². The summed E-state index contributed by atoms with van der Waals surface area (Å²) in [6.07, 6.45) is 4.08.